The molecule has 0 saturated heterocycles. The first-order valence-electron chi connectivity index (χ1n) is 6.02. The van der Waals surface area contributed by atoms with Gasteiger partial charge >= 0.3 is 0 Å². The molecule has 1 aliphatic rings. The molecule has 0 aromatic carbocycles. The number of aliphatic hydroxyl groups is 1. The average molecular weight is 215 g/mol. The Morgan fingerprint density at radius 2 is 2.13 bits per heavy atom. The fraction of sp³-hybridized carbons (Fsp3) is 1.00. The molecule has 15 heavy (non-hydrogen) atoms. The van der Waals surface area contributed by atoms with Crippen LogP contribution in [0.5, 0.6) is 0 Å². The highest BCUT2D eigenvalue weighted by atomic mass is 16.5. The summed E-state index contributed by atoms with van der Waals surface area (Å²) >= 11 is 0. The monoisotopic (exact) mass is 215 g/mol. The van der Waals surface area contributed by atoms with Gasteiger partial charge in [0, 0.05) is 12.6 Å². The van der Waals surface area contributed by atoms with Crippen LogP contribution in [0, 0.1) is 5.92 Å². The van der Waals surface area contributed by atoms with Gasteiger partial charge in [-0.1, -0.05) is 26.7 Å². The van der Waals surface area contributed by atoms with Crippen molar-refractivity contribution in [1.29, 1.82) is 0 Å². The SMILES string of the molecule is CC(C)NC(C)(CO)COCCC1CC1. The minimum Gasteiger partial charge on any atom is -0.394 e. The zero-order valence-corrected chi connectivity index (χ0v) is 10.3. The van der Waals surface area contributed by atoms with Crippen LogP contribution in [0.25, 0.3) is 0 Å². The zero-order chi connectivity index (χ0) is 11.3. The van der Waals surface area contributed by atoms with E-state index in [2.05, 4.69) is 19.2 Å². The van der Waals surface area contributed by atoms with Crippen LogP contribution in [0.1, 0.15) is 40.0 Å². The van der Waals surface area contributed by atoms with Gasteiger partial charge in [0.25, 0.3) is 0 Å². The molecule has 1 atom stereocenters. The van der Waals surface area contributed by atoms with Crippen LogP contribution in [0.2, 0.25) is 0 Å². The lowest BCUT2D eigenvalue weighted by Gasteiger charge is -2.30. The molecule has 1 fully saturated rings. The predicted octanol–water partition coefficient (Wildman–Crippen LogP) is 1.55. The molecule has 1 rings (SSSR count). The summed E-state index contributed by atoms with van der Waals surface area (Å²) in [6.45, 7) is 7.71. The van der Waals surface area contributed by atoms with E-state index in [1.165, 1.54) is 19.3 Å². The molecule has 3 nitrogen and oxygen atoms in total. The van der Waals surface area contributed by atoms with Crippen molar-refractivity contribution in [3.8, 4) is 0 Å². The fourth-order valence-corrected chi connectivity index (χ4v) is 1.78. The summed E-state index contributed by atoms with van der Waals surface area (Å²) in [7, 11) is 0. The van der Waals surface area contributed by atoms with Gasteiger partial charge < -0.3 is 15.2 Å². The molecule has 0 amide bonds. The first-order chi connectivity index (χ1) is 7.06. The second-order valence-electron chi connectivity index (χ2n) is 5.30. The molecule has 0 radical (unpaired) electrons. The van der Waals surface area contributed by atoms with Gasteiger partial charge in [-0.3, -0.25) is 0 Å². The Morgan fingerprint density at radius 3 is 2.60 bits per heavy atom. The largest absolute Gasteiger partial charge is 0.394 e. The maximum Gasteiger partial charge on any atom is 0.0668 e. The lowest BCUT2D eigenvalue weighted by atomic mass is 10.0. The Morgan fingerprint density at radius 1 is 1.47 bits per heavy atom. The van der Waals surface area contributed by atoms with Gasteiger partial charge in [-0.05, 0) is 19.3 Å². The molecule has 1 saturated carbocycles. The van der Waals surface area contributed by atoms with E-state index in [9.17, 15) is 5.11 Å². The van der Waals surface area contributed by atoms with Gasteiger partial charge in [0.15, 0.2) is 0 Å². The molecule has 2 N–H and O–H groups in total. The zero-order valence-electron chi connectivity index (χ0n) is 10.3. The van der Waals surface area contributed by atoms with Crippen LogP contribution in [-0.4, -0.2) is 36.5 Å². The summed E-state index contributed by atoms with van der Waals surface area (Å²) in [4.78, 5) is 0. The van der Waals surface area contributed by atoms with Crippen LogP contribution in [0.4, 0.5) is 0 Å². The van der Waals surface area contributed by atoms with Crippen molar-refractivity contribution in [2.24, 2.45) is 5.92 Å². The van der Waals surface area contributed by atoms with Crippen LogP contribution in [0.15, 0.2) is 0 Å². The number of hydrogen-bond donors (Lipinski definition) is 2. The summed E-state index contributed by atoms with van der Waals surface area (Å²) in [6, 6.07) is 0.370. The number of rotatable bonds is 8. The highest BCUT2D eigenvalue weighted by Gasteiger charge is 2.25. The topological polar surface area (TPSA) is 41.5 Å². The minimum absolute atomic E-state index is 0.120. The Balaban J connectivity index is 2.12. The molecule has 1 aliphatic carbocycles. The Hall–Kier alpha value is -0.120. The predicted molar refractivity (Wildman–Crippen MR) is 61.9 cm³/mol. The second-order valence-corrected chi connectivity index (χ2v) is 5.30. The van der Waals surface area contributed by atoms with E-state index in [0.29, 0.717) is 12.6 Å². The van der Waals surface area contributed by atoms with Crippen LogP contribution in [-0.2, 0) is 4.74 Å². The van der Waals surface area contributed by atoms with Gasteiger partial charge in [0.05, 0.1) is 18.8 Å². The van der Waals surface area contributed by atoms with Crippen LogP contribution < -0.4 is 5.32 Å². The molecule has 0 aliphatic heterocycles. The van der Waals surface area contributed by atoms with E-state index >= 15 is 0 Å². The van der Waals surface area contributed by atoms with Gasteiger partial charge in [-0.15, -0.1) is 0 Å². The summed E-state index contributed by atoms with van der Waals surface area (Å²) in [5.74, 6) is 0.920. The van der Waals surface area contributed by atoms with Crippen molar-refractivity contribution in [3.63, 3.8) is 0 Å². The summed E-state index contributed by atoms with van der Waals surface area (Å²) in [6.07, 6.45) is 3.94. The van der Waals surface area contributed by atoms with Crippen molar-refractivity contribution >= 4 is 0 Å². The molecule has 0 aromatic rings. The molecule has 90 valence electrons. The normalized spacial score (nSPS) is 20.6. The Bertz CT molecular complexity index is 180. The molecule has 3 heteroatoms. The number of ether oxygens (including phenoxy) is 1. The first kappa shape index (κ1) is 12.9. The van der Waals surface area contributed by atoms with Crippen LogP contribution >= 0.6 is 0 Å². The summed E-state index contributed by atoms with van der Waals surface area (Å²) < 4.78 is 5.62. The van der Waals surface area contributed by atoms with Crippen molar-refractivity contribution in [3.05, 3.63) is 0 Å². The average Bonchev–Trinajstić information content (AvgIpc) is 2.95. The van der Waals surface area contributed by atoms with Crippen LogP contribution in [0.3, 0.4) is 0 Å². The molecule has 1 unspecified atom stereocenters. The maximum atomic E-state index is 9.31. The Kier molecular flexibility index (Phi) is 5.03. The number of hydrogen-bond acceptors (Lipinski definition) is 3. The van der Waals surface area contributed by atoms with Crippen molar-refractivity contribution in [2.75, 3.05) is 19.8 Å². The third-order valence-electron chi connectivity index (χ3n) is 2.77. The smallest absolute Gasteiger partial charge is 0.0668 e. The molecular weight excluding hydrogens is 190 g/mol. The van der Waals surface area contributed by atoms with Gasteiger partial charge in [0.2, 0.25) is 0 Å². The molecular formula is C12H25NO2. The summed E-state index contributed by atoms with van der Waals surface area (Å²) in [5, 5.41) is 12.6. The van der Waals surface area contributed by atoms with E-state index < -0.39 is 0 Å². The van der Waals surface area contributed by atoms with Gasteiger partial charge in [0.1, 0.15) is 0 Å². The molecule has 0 bridgehead atoms. The van der Waals surface area contributed by atoms with E-state index in [-0.39, 0.29) is 12.1 Å². The van der Waals surface area contributed by atoms with Crippen molar-refractivity contribution < 1.29 is 9.84 Å². The van der Waals surface area contributed by atoms with Gasteiger partial charge in [-0.25, -0.2) is 0 Å². The summed E-state index contributed by atoms with van der Waals surface area (Å²) in [5.41, 5.74) is -0.294. The standard InChI is InChI=1S/C12H25NO2/c1-10(2)13-12(3,8-14)9-15-7-6-11-4-5-11/h10-11,13-14H,4-9H2,1-3H3. The molecule has 0 aromatic heterocycles. The van der Waals surface area contributed by atoms with E-state index in [4.69, 9.17) is 4.74 Å². The third kappa shape index (κ3) is 5.50. The lowest BCUT2D eigenvalue weighted by molar-refractivity contribution is 0.0379. The highest BCUT2D eigenvalue weighted by molar-refractivity contribution is 4.83. The van der Waals surface area contributed by atoms with E-state index in [0.717, 1.165) is 12.5 Å². The third-order valence-corrected chi connectivity index (χ3v) is 2.77. The van der Waals surface area contributed by atoms with Gasteiger partial charge in [-0.2, -0.15) is 0 Å². The quantitative estimate of drug-likeness (QED) is 0.604. The highest BCUT2D eigenvalue weighted by Crippen LogP contribution is 2.32. The second kappa shape index (κ2) is 5.83. The minimum atomic E-state index is -0.294. The van der Waals surface area contributed by atoms with E-state index in [1.54, 1.807) is 0 Å². The molecule has 0 heterocycles. The molecule has 0 spiro atoms. The Labute approximate surface area is 93.2 Å². The van der Waals surface area contributed by atoms with Crippen molar-refractivity contribution in [1.82, 2.24) is 5.32 Å². The van der Waals surface area contributed by atoms with E-state index in [1.807, 2.05) is 6.92 Å². The fourth-order valence-electron chi connectivity index (χ4n) is 1.78. The first-order valence-corrected chi connectivity index (χ1v) is 6.02. The maximum absolute atomic E-state index is 9.31. The lowest BCUT2D eigenvalue weighted by Crippen LogP contribution is -2.52. The number of aliphatic hydroxyl groups excluding tert-OH is 1. The van der Waals surface area contributed by atoms with Crippen molar-refractivity contribution in [2.45, 2.75) is 51.6 Å². The number of nitrogens with one attached hydrogen (secondary N) is 1.